The minimum absolute atomic E-state index is 0.853. The molecular weight excluding hydrogens is 402 g/mol. The summed E-state index contributed by atoms with van der Waals surface area (Å²) in [6.07, 6.45) is 0. The number of hydrogen-bond donors (Lipinski definition) is 0. The first-order valence-electron chi connectivity index (χ1n) is 11.2. The highest BCUT2D eigenvalue weighted by atomic mass is 16.3. The van der Waals surface area contributed by atoms with Crippen LogP contribution in [0.4, 0.5) is 0 Å². The van der Waals surface area contributed by atoms with Crippen molar-refractivity contribution in [2.24, 2.45) is 0 Å². The van der Waals surface area contributed by atoms with Crippen LogP contribution in [0.25, 0.3) is 77.1 Å². The number of rotatable bonds is 1. The molecule has 0 atom stereocenters. The van der Waals surface area contributed by atoms with E-state index in [1.165, 1.54) is 38.6 Å². The van der Waals surface area contributed by atoms with Crippen molar-refractivity contribution in [2.45, 2.75) is 0 Å². The van der Waals surface area contributed by atoms with Gasteiger partial charge in [-0.1, -0.05) is 84.9 Å². The predicted molar refractivity (Wildman–Crippen MR) is 136 cm³/mol. The average molecular weight is 419 g/mol. The van der Waals surface area contributed by atoms with Crippen molar-refractivity contribution < 1.29 is 4.42 Å². The summed E-state index contributed by atoms with van der Waals surface area (Å²) in [6.45, 7) is 0. The van der Waals surface area contributed by atoms with Crippen LogP contribution in [0, 0.1) is 0 Å². The maximum atomic E-state index is 6.47. The maximum Gasteiger partial charge on any atom is 0.162 e. The summed E-state index contributed by atoms with van der Waals surface area (Å²) in [6, 6.07) is 36.4. The molecule has 7 aromatic rings. The topological polar surface area (TPSA) is 26.0 Å². The summed E-state index contributed by atoms with van der Waals surface area (Å²) < 4.78 is 6.47. The fourth-order valence-electron chi connectivity index (χ4n) is 5.63. The molecule has 152 valence electrons. The lowest BCUT2D eigenvalue weighted by Gasteiger charge is -2.12. The van der Waals surface area contributed by atoms with E-state index in [-0.39, 0.29) is 0 Å². The Balaban J connectivity index is 1.58. The highest BCUT2D eigenvalue weighted by Crippen LogP contribution is 2.50. The van der Waals surface area contributed by atoms with Gasteiger partial charge in [0.25, 0.3) is 0 Å². The lowest BCUT2D eigenvalue weighted by Crippen LogP contribution is -1.89. The molecule has 2 aromatic heterocycles. The third-order valence-electron chi connectivity index (χ3n) is 7.02. The molecule has 2 nitrogen and oxygen atoms in total. The Kier molecular flexibility index (Phi) is 3.16. The van der Waals surface area contributed by atoms with Crippen LogP contribution >= 0.6 is 0 Å². The number of furan rings is 1. The largest absolute Gasteiger partial charge is 0.454 e. The molecule has 33 heavy (non-hydrogen) atoms. The number of nitrogens with zero attached hydrogens (tertiary/aromatic N) is 1. The van der Waals surface area contributed by atoms with E-state index in [0.29, 0.717) is 0 Å². The summed E-state index contributed by atoms with van der Waals surface area (Å²) in [5, 5.41) is 4.73. The van der Waals surface area contributed by atoms with Gasteiger partial charge in [0.15, 0.2) is 5.58 Å². The van der Waals surface area contributed by atoms with Crippen LogP contribution in [-0.4, -0.2) is 4.98 Å². The van der Waals surface area contributed by atoms with E-state index >= 15 is 0 Å². The lowest BCUT2D eigenvalue weighted by atomic mass is 9.92. The highest BCUT2D eigenvalue weighted by molar-refractivity contribution is 6.23. The second kappa shape index (κ2) is 6.08. The quantitative estimate of drug-likeness (QED) is 0.266. The van der Waals surface area contributed by atoms with Crippen LogP contribution in [0.15, 0.2) is 108 Å². The third kappa shape index (κ3) is 2.15. The van der Waals surface area contributed by atoms with Gasteiger partial charge in [-0.25, -0.2) is 4.98 Å². The molecule has 0 saturated carbocycles. The molecule has 1 aliphatic rings. The van der Waals surface area contributed by atoms with Gasteiger partial charge < -0.3 is 4.42 Å². The molecule has 2 heterocycles. The standard InChI is InChI=1S/C31H17NO/c1-2-9-19-18(8-1)20-12-7-13-21-23(17-16-22(19)28(20)21)29-24-10-3-5-14-26(24)32-30-25-11-4-6-15-27(25)33-31(29)30/h1-17H. The molecule has 0 saturated heterocycles. The number of para-hydroxylation sites is 2. The first kappa shape index (κ1) is 17.2. The Hall–Kier alpha value is -4.43. The Bertz CT molecular complexity index is 1900. The van der Waals surface area contributed by atoms with Crippen molar-refractivity contribution in [3.63, 3.8) is 0 Å². The third-order valence-corrected chi connectivity index (χ3v) is 7.02. The molecule has 0 spiro atoms. The molecule has 0 unspecified atom stereocenters. The second-order valence-electron chi connectivity index (χ2n) is 8.71. The Labute approximate surface area is 189 Å². The Morgan fingerprint density at radius 3 is 2.00 bits per heavy atom. The van der Waals surface area contributed by atoms with Gasteiger partial charge in [-0.2, -0.15) is 0 Å². The lowest BCUT2D eigenvalue weighted by molar-refractivity contribution is 0.670. The fourth-order valence-corrected chi connectivity index (χ4v) is 5.63. The summed E-state index contributed by atoms with van der Waals surface area (Å²) in [5.74, 6) is 0. The monoisotopic (exact) mass is 419 g/mol. The van der Waals surface area contributed by atoms with Crippen molar-refractivity contribution in [1.29, 1.82) is 0 Å². The van der Waals surface area contributed by atoms with E-state index in [9.17, 15) is 0 Å². The van der Waals surface area contributed by atoms with Crippen molar-refractivity contribution in [2.75, 3.05) is 0 Å². The van der Waals surface area contributed by atoms with Gasteiger partial charge in [-0.15, -0.1) is 0 Å². The Morgan fingerprint density at radius 2 is 1.12 bits per heavy atom. The number of fused-ring (bicyclic) bond motifs is 7. The van der Waals surface area contributed by atoms with Crippen LogP contribution in [-0.2, 0) is 0 Å². The minimum atomic E-state index is 0.853. The van der Waals surface area contributed by atoms with Gasteiger partial charge in [0.1, 0.15) is 11.1 Å². The van der Waals surface area contributed by atoms with E-state index in [4.69, 9.17) is 9.40 Å². The smallest absolute Gasteiger partial charge is 0.162 e. The number of aromatic nitrogens is 1. The number of pyridine rings is 1. The average Bonchev–Trinajstić information content (AvgIpc) is 3.40. The molecule has 5 aromatic carbocycles. The zero-order valence-electron chi connectivity index (χ0n) is 17.7. The molecule has 0 fully saturated rings. The van der Waals surface area contributed by atoms with Crippen LogP contribution in [0.5, 0.6) is 0 Å². The van der Waals surface area contributed by atoms with E-state index in [2.05, 4.69) is 84.9 Å². The van der Waals surface area contributed by atoms with Crippen LogP contribution in [0.2, 0.25) is 0 Å². The molecule has 2 heteroatoms. The van der Waals surface area contributed by atoms with Crippen molar-refractivity contribution in [3.05, 3.63) is 103 Å². The summed E-state index contributed by atoms with van der Waals surface area (Å²) in [7, 11) is 0. The van der Waals surface area contributed by atoms with Crippen LogP contribution in [0.3, 0.4) is 0 Å². The molecule has 0 amide bonds. The van der Waals surface area contributed by atoms with Crippen LogP contribution in [0.1, 0.15) is 0 Å². The zero-order chi connectivity index (χ0) is 21.5. The maximum absolute atomic E-state index is 6.47. The van der Waals surface area contributed by atoms with Gasteiger partial charge in [-0.3, -0.25) is 0 Å². The van der Waals surface area contributed by atoms with Gasteiger partial charge in [0.2, 0.25) is 0 Å². The Morgan fingerprint density at radius 1 is 0.485 bits per heavy atom. The first-order valence-corrected chi connectivity index (χ1v) is 11.2. The molecule has 0 bridgehead atoms. The van der Waals surface area contributed by atoms with Crippen molar-refractivity contribution in [3.8, 4) is 33.4 Å². The summed E-state index contributed by atoms with van der Waals surface area (Å²) in [4.78, 5) is 5.02. The normalized spacial score (nSPS) is 12.2. The number of hydrogen-bond acceptors (Lipinski definition) is 2. The summed E-state index contributed by atoms with van der Waals surface area (Å²) >= 11 is 0. The molecule has 0 N–H and O–H groups in total. The predicted octanol–water partition coefficient (Wildman–Crippen LogP) is 8.60. The number of benzene rings is 5. The van der Waals surface area contributed by atoms with E-state index in [1.54, 1.807) is 0 Å². The first-order chi connectivity index (χ1) is 16.4. The van der Waals surface area contributed by atoms with Crippen LogP contribution < -0.4 is 0 Å². The van der Waals surface area contributed by atoms with Gasteiger partial charge in [0.05, 0.1) is 5.52 Å². The van der Waals surface area contributed by atoms with Crippen molar-refractivity contribution in [1.82, 2.24) is 4.98 Å². The molecule has 0 aliphatic heterocycles. The fraction of sp³-hybridized carbons (Fsp3) is 0. The highest BCUT2D eigenvalue weighted by Gasteiger charge is 2.24. The van der Waals surface area contributed by atoms with E-state index < -0.39 is 0 Å². The van der Waals surface area contributed by atoms with Crippen molar-refractivity contribution >= 4 is 43.7 Å². The SMILES string of the molecule is c1ccc2c(c1)-c1cccc3c(-c4c5ccccc5nc5c4oc4ccccc45)ccc-2c13. The van der Waals surface area contributed by atoms with Gasteiger partial charge in [0, 0.05) is 16.3 Å². The molecular formula is C31H17NO. The molecule has 1 aliphatic carbocycles. The van der Waals surface area contributed by atoms with E-state index in [0.717, 1.165) is 38.5 Å². The summed E-state index contributed by atoms with van der Waals surface area (Å²) in [5.41, 5.74) is 11.2. The van der Waals surface area contributed by atoms with Gasteiger partial charge in [-0.05, 0) is 56.8 Å². The molecule has 8 rings (SSSR count). The minimum Gasteiger partial charge on any atom is -0.454 e. The molecule has 0 radical (unpaired) electrons. The second-order valence-corrected chi connectivity index (χ2v) is 8.71. The zero-order valence-corrected chi connectivity index (χ0v) is 17.7. The van der Waals surface area contributed by atoms with Gasteiger partial charge >= 0.3 is 0 Å². The van der Waals surface area contributed by atoms with E-state index in [1.807, 2.05) is 18.2 Å².